The first-order valence-electron chi connectivity index (χ1n) is 10.4. The van der Waals surface area contributed by atoms with Gasteiger partial charge in [-0.05, 0) is 43.9 Å². The highest BCUT2D eigenvalue weighted by molar-refractivity contribution is 5.90. The molecule has 1 fully saturated rings. The van der Waals surface area contributed by atoms with Crippen LogP contribution in [0, 0.1) is 13.8 Å². The number of fused-ring (bicyclic) bond motifs is 1. The molecular weight excluding hydrogens is 366 g/mol. The van der Waals surface area contributed by atoms with Gasteiger partial charge in [-0.1, -0.05) is 12.1 Å². The Morgan fingerprint density at radius 2 is 2.03 bits per heavy atom. The average molecular weight is 396 g/mol. The van der Waals surface area contributed by atoms with E-state index in [2.05, 4.69) is 15.7 Å². The molecule has 0 atom stereocenters. The van der Waals surface area contributed by atoms with Crippen LogP contribution < -0.4 is 10.6 Å². The van der Waals surface area contributed by atoms with Gasteiger partial charge in [-0.2, -0.15) is 5.10 Å². The molecule has 7 nitrogen and oxygen atoms in total. The van der Waals surface area contributed by atoms with Crippen molar-refractivity contribution in [2.45, 2.75) is 58.5 Å². The Bertz CT molecular complexity index is 945. The summed E-state index contributed by atoms with van der Waals surface area (Å²) in [6, 6.07) is 6.34. The van der Waals surface area contributed by atoms with E-state index < -0.39 is 0 Å². The summed E-state index contributed by atoms with van der Waals surface area (Å²) >= 11 is 0. The molecule has 2 heterocycles. The Labute approximate surface area is 171 Å². The Kier molecular flexibility index (Phi) is 5.30. The van der Waals surface area contributed by atoms with Gasteiger partial charge in [0.2, 0.25) is 5.91 Å². The van der Waals surface area contributed by atoms with Crippen molar-refractivity contribution in [1.82, 2.24) is 20.0 Å². The molecule has 0 unspecified atom stereocenters. The summed E-state index contributed by atoms with van der Waals surface area (Å²) in [5, 5.41) is 10.7. The molecule has 154 valence electrons. The molecule has 0 bridgehead atoms. The minimum absolute atomic E-state index is 0.0900. The average Bonchev–Trinajstić information content (AvgIpc) is 3.45. The van der Waals surface area contributed by atoms with Gasteiger partial charge in [0.15, 0.2) is 0 Å². The number of urea groups is 1. The SMILES string of the molecule is Cc1ccc(C)c(NC(=O)N2CCc3c(c(CCC(=O)NC4CC4)nn3C)C2)c1. The van der Waals surface area contributed by atoms with Gasteiger partial charge in [-0.25, -0.2) is 4.79 Å². The molecule has 1 saturated carbocycles. The van der Waals surface area contributed by atoms with Crippen LogP contribution in [-0.4, -0.2) is 39.2 Å². The van der Waals surface area contributed by atoms with E-state index in [1.54, 1.807) is 0 Å². The largest absolute Gasteiger partial charge is 0.353 e. The second kappa shape index (κ2) is 7.89. The Morgan fingerprint density at radius 3 is 2.79 bits per heavy atom. The molecule has 29 heavy (non-hydrogen) atoms. The molecule has 0 saturated heterocycles. The number of carbonyl (C=O) groups excluding carboxylic acids is 2. The van der Waals surface area contributed by atoms with Gasteiger partial charge in [-0.15, -0.1) is 0 Å². The number of aryl methyl sites for hydroxylation is 4. The fourth-order valence-corrected chi connectivity index (χ4v) is 3.87. The minimum atomic E-state index is -0.0920. The molecule has 1 aliphatic carbocycles. The van der Waals surface area contributed by atoms with E-state index in [0.717, 1.165) is 47.3 Å². The standard InChI is InChI=1S/C22H29N5O2/c1-14-4-5-15(2)19(12-14)24-22(29)27-11-10-20-17(13-27)18(25-26(20)3)8-9-21(28)23-16-6-7-16/h4-5,12,16H,6-11,13H2,1-3H3,(H,23,28)(H,24,29). The van der Waals surface area contributed by atoms with Crippen molar-refractivity contribution in [3.8, 4) is 0 Å². The zero-order valence-electron chi connectivity index (χ0n) is 17.4. The number of benzene rings is 1. The number of anilines is 1. The van der Waals surface area contributed by atoms with Crippen LogP contribution in [0.4, 0.5) is 10.5 Å². The predicted molar refractivity (Wildman–Crippen MR) is 112 cm³/mol. The zero-order chi connectivity index (χ0) is 20.5. The van der Waals surface area contributed by atoms with Gasteiger partial charge < -0.3 is 15.5 Å². The fraction of sp³-hybridized carbons (Fsp3) is 0.500. The summed E-state index contributed by atoms with van der Waals surface area (Å²) in [5.74, 6) is 0.0900. The number of aromatic nitrogens is 2. The van der Waals surface area contributed by atoms with E-state index in [9.17, 15) is 9.59 Å². The molecule has 2 N–H and O–H groups in total. The number of hydrogen-bond donors (Lipinski definition) is 2. The molecule has 7 heteroatoms. The number of amides is 3. The lowest BCUT2D eigenvalue weighted by atomic mass is 10.0. The van der Waals surface area contributed by atoms with Gasteiger partial charge in [-0.3, -0.25) is 9.48 Å². The molecule has 0 spiro atoms. The molecule has 3 amide bonds. The molecule has 2 aromatic rings. The summed E-state index contributed by atoms with van der Waals surface area (Å²) in [7, 11) is 1.94. The van der Waals surface area contributed by atoms with Gasteiger partial charge in [0.1, 0.15) is 0 Å². The predicted octanol–water partition coefficient (Wildman–Crippen LogP) is 2.84. The zero-order valence-corrected chi connectivity index (χ0v) is 17.4. The van der Waals surface area contributed by atoms with Crippen LogP contribution in [0.3, 0.4) is 0 Å². The molecular formula is C22H29N5O2. The van der Waals surface area contributed by atoms with E-state index >= 15 is 0 Å². The number of rotatable bonds is 5. The number of hydrogen-bond acceptors (Lipinski definition) is 3. The summed E-state index contributed by atoms with van der Waals surface area (Å²) in [5.41, 5.74) is 6.20. The van der Waals surface area contributed by atoms with Crippen molar-refractivity contribution < 1.29 is 9.59 Å². The van der Waals surface area contributed by atoms with Crippen molar-refractivity contribution in [3.05, 3.63) is 46.3 Å². The van der Waals surface area contributed by atoms with Crippen LogP contribution >= 0.6 is 0 Å². The van der Waals surface area contributed by atoms with Gasteiger partial charge in [0.05, 0.1) is 12.2 Å². The lowest BCUT2D eigenvalue weighted by Crippen LogP contribution is -2.39. The molecule has 4 rings (SSSR count). The summed E-state index contributed by atoms with van der Waals surface area (Å²) in [6.07, 6.45) is 4.00. The lowest BCUT2D eigenvalue weighted by Gasteiger charge is -2.28. The van der Waals surface area contributed by atoms with Crippen LogP contribution in [0.25, 0.3) is 0 Å². The highest BCUT2D eigenvalue weighted by Crippen LogP contribution is 2.25. The third-order valence-corrected chi connectivity index (χ3v) is 5.78. The summed E-state index contributed by atoms with van der Waals surface area (Å²) < 4.78 is 1.91. The summed E-state index contributed by atoms with van der Waals surface area (Å²) in [4.78, 5) is 26.8. The van der Waals surface area contributed by atoms with E-state index in [1.807, 2.05) is 48.7 Å². The van der Waals surface area contributed by atoms with Crippen molar-refractivity contribution in [3.63, 3.8) is 0 Å². The maximum Gasteiger partial charge on any atom is 0.322 e. The molecule has 1 aromatic heterocycles. The highest BCUT2D eigenvalue weighted by atomic mass is 16.2. The first kappa shape index (κ1) is 19.5. The molecule has 1 aromatic carbocycles. The maximum atomic E-state index is 12.9. The smallest absolute Gasteiger partial charge is 0.322 e. The third kappa shape index (κ3) is 4.44. The van der Waals surface area contributed by atoms with Crippen LogP contribution in [-0.2, 0) is 31.2 Å². The fourth-order valence-electron chi connectivity index (χ4n) is 3.87. The van der Waals surface area contributed by atoms with Crippen LogP contribution in [0.15, 0.2) is 18.2 Å². The third-order valence-electron chi connectivity index (χ3n) is 5.78. The number of nitrogens with zero attached hydrogens (tertiary/aromatic N) is 3. The lowest BCUT2D eigenvalue weighted by molar-refractivity contribution is -0.121. The quantitative estimate of drug-likeness (QED) is 0.817. The number of nitrogens with one attached hydrogen (secondary N) is 2. The van der Waals surface area contributed by atoms with Gasteiger partial charge >= 0.3 is 6.03 Å². The molecule has 2 aliphatic rings. The minimum Gasteiger partial charge on any atom is -0.353 e. The Hall–Kier alpha value is -2.83. The first-order valence-corrected chi connectivity index (χ1v) is 10.4. The second-order valence-electron chi connectivity index (χ2n) is 8.26. The second-order valence-corrected chi connectivity index (χ2v) is 8.26. The van der Waals surface area contributed by atoms with E-state index in [0.29, 0.717) is 32.0 Å². The highest BCUT2D eigenvalue weighted by Gasteiger charge is 2.28. The topological polar surface area (TPSA) is 79.3 Å². The molecule has 1 aliphatic heterocycles. The Balaban J connectivity index is 1.43. The van der Waals surface area contributed by atoms with Crippen molar-refractivity contribution in [1.29, 1.82) is 0 Å². The van der Waals surface area contributed by atoms with E-state index in [4.69, 9.17) is 0 Å². The first-order chi connectivity index (χ1) is 13.9. The Morgan fingerprint density at radius 1 is 1.24 bits per heavy atom. The molecule has 0 radical (unpaired) electrons. The van der Waals surface area contributed by atoms with Crippen molar-refractivity contribution >= 4 is 17.6 Å². The summed E-state index contributed by atoms with van der Waals surface area (Å²) in [6.45, 7) is 5.20. The monoisotopic (exact) mass is 395 g/mol. The van der Waals surface area contributed by atoms with Crippen LogP contribution in [0.5, 0.6) is 0 Å². The van der Waals surface area contributed by atoms with E-state index in [-0.39, 0.29) is 11.9 Å². The van der Waals surface area contributed by atoms with Crippen LogP contribution in [0.2, 0.25) is 0 Å². The normalized spacial score (nSPS) is 15.8. The van der Waals surface area contributed by atoms with Crippen LogP contribution in [0.1, 0.15) is 47.3 Å². The van der Waals surface area contributed by atoms with Crippen molar-refractivity contribution in [2.24, 2.45) is 7.05 Å². The van der Waals surface area contributed by atoms with Crippen molar-refractivity contribution in [2.75, 3.05) is 11.9 Å². The number of carbonyl (C=O) groups is 2. The van der Waals surface area contributed by atoms with Gasteiger partial charge in [0.25, 0.3) is 0 Å². The maximum absolute atomic E-state index is 12.9. The van der Waals surface area contributed by atoms with E-state index in [1.165, 1.54) is 5.69 Å². The van der Waals surface area contributed by atoms with Gasteiger partial charge in [0, 0.05) is 55.8 Å².